The van der Waals surface area contributed by atoms with Gasteiger partial charge in [-0.25, -0.2) is 4.98 Å². The zero-order chi connectivity index (χ0) is 22.1. The molecule has 0 saturated heterocycles. The molecule has 0 aliphatic heterocycles. The highest BCUT2D eigenvalue weighted by molar-refractivity contribution is 7.15. The van der Waals surface area contributed by atoms with Crippen LogP contribution in [0.4, 0.5) is 24.0 Å². The Morgan fingerprint density at radius 3 is 2.30 bits per heavy atom. The Hall–Kier alpha value is -0.770. The molecule has 0 atom stereocenters. The lowest BCUT2D eigenvalue weighted by atomic mass is 10.3. The number of hydrogen-bond acceptors (Lipinski definition) is 5. The molecule has 1 saturated carbocycles. The van der Waals surface area contributed by atoms with Gasteiger partial charge in [-0.2, -0.15) is 13.2 Å². The van der Waals surface area contributed by atoms with Gasteiger partial charge in [0.15, 0.2) is 10.8 Å². The number of nitrogens with one attached hydrogen (secondary N) is 1. The first kappa shape index (κ1) is 23.9. The van der Waals surface area contributed by atoms with Crippen molar-refractivity contribution in [1.29, 1.82) is 0 Å². The van der Waals surface area contributed by atoms with Gasteiger partial charge >= 0.3 is 6.18 Å². The van der Waals surface area contributed by atoms with Crippen molar-refractivity contribution in [2.24, 2.45) is 5.92 Å². The van der Waals surface area contributed by atoms with Gasteiger partial charge in [0, 0.05) is 31.2 Å². The molecule has 2 aromatic rings. The molecular weight excluding hydrogens is 480 g/mol. The van der Waals surface area contributed by atoms with Gasteiger partial charge in [0.25, 0.3) is 0 Å². The number of anilines is 2. The maximum Gasteiger partial charge on any atom is 0.434 e. The highest BCUT2D eigenvalue weighted by Gasteiger charge is 2.38. The van der Waals surface area contributed by atoms with Crippen LogP contribution in [0.3, 0.4) is 0 Å². The number of alkyl halides is 3. The van der Waals surface area contributed by atoms with Crippen molar-refractivity contribution in [3.63, 3.8) is 0 Å². The molecule has 0 radical (unpaired) electrons. The molecule has 4 nitrogen and oxygen atoms in total. The van der Waals surface area contributed by atoms with Crippen molar-refractivity contribution in [3.05, 3.63) is 37.8 Å². The predicted octanol–water partition coefficient (Wildman–Crippen LogP) is 6.64. The van der Waals surface area contributed by atoms with Crippen LogP contribution in [-0.2, 0) is 12.7 Å². The zero-order valence-corrected chi connectivity index (χ0v) is 19.6. The van der Waals surface area contributed by atoms with Crippen molar-refractivity contribution < 1.29 is 13.2 Å². The van der Waals surface area contributed by atoms with E-state index < -0.39 is 11.9 Å². The lowest BCUT2D eigenvalue weighted by Gasteiger charge is -2.24. The van der Waals surface area contributed by atoms with Gasteiger partial charge in [-0.05, 0) is 45.0 Å². The Labute approximate surface area is 192 Å². The van der Waals surface area contributed by atoms with E-state index in [2.05, 4.69) is 15.2 Å². The number of hydrogen-bond donors (Lipinski definition) is 1. The summed E-state index contributed by atoms with van der Waals surface area (Å²) >= 11 is 19.2. The average molecular weight is 502 g/mol. The smallest absolute Gasteiger partial charge is 0.329 e. The van der Waals surface area contributed by atoms with Crippen LogP contribution in [0.15, 0.2) is 12.1 Å². The number of nitrogens with zero attached hydrogens (tertiary/aromatic N) is 3. The molecule has 0 spiro atoms. The molecule has 0 amide bonds. The van der Waals surface area contributed by atoms with Crippen molar-refractivity contribution in [3.8, 4) is 0 Å². The number of benzene rings is 1. The molecule has 1 fully saturated rings. The molecule has 3 rings (SSSR count). The fourth-order valence-corrected chi connectivity index (χ4v) is 4.89. The van der Waals surface area contributed by atoms with Crippen LogP contribution in [0, 0.1) is 5.92 Å². The number of thiazole rings is 1. The summed E-state index contributed by atoms with van der Waals surface area (Å²) in [7, 11) is 3.90. The second kappa shape index (κ2) is 9.79. The van der Waals surface area contributed by atoms with Crippen molar-refractivity contribution >= 4 is 57.0 Å². The fraction of sp³-hybridized carbons (Fsp3) is 0.526. The minimum absolute atomic E-state index is 0.0856. The Bertz CT molecular complexity index is 861. The molecule has 1 N–H and O–H groups in total. The largest absolute Gasteiger partial charge is 0.434 e. The van der Waals surface area contributed by atoms with Crippen LogP contribution in [0.1, 0.15) is 23.4 Å². The van der Waals surface area contributed by atoms with Crippen molar-refractivity contribution in [2.75, 3.05) is 39.0 Å². The van der Waals surface area contributed by atoms with Gasteiger partial charge in [-0.1, -0.05) is 46.1 Å². The molecule has 1 aromatic heterocycles. The maximum atomic E-state index is 13.7. The van der Waals surface area contributed by atoms with E-state index in [4.69, 9.17) is 34.8 Å². The lowest BCUT2D eigenvalue weighted by Crippen LogP contribution is -2.33. The quantitative estimate of drug-likeness (QED) is 0.417. The molecule has 1 aliphatic rings. The Kier molecular flexibility index (Phi) is 7.80. The molecule has 30 heavy (non-hydrogen) atoms. The minimum Gasteiger partial charge on any atom is -0.329 e. The van der Waals surface area contributed by atoms with Crippen LogP contribution >= 0.6 is 46.1 Å². The third-order valence-electron chi connectivity index (χ3n) is 4.65. The summed E-state index contributed by atoms with van der Waals surface area (Å²) in [6.45, 7) is 2.45. The average Bonchev–Trinajstić information content (AvgIpc) is 3.33. The molecule has 1 aromatic carbocycles. The van der Waals surface area contributed by atoms with E-state index in [1.165, 1.54) is 12.1 Å². The Balaban J connectivity index is 1.85. The molecular formula is C19H22Cl3F3N4S. The summed E-state index contributed by atoms with van der Waals surface area (Å²) in [6.07, 6.45) is -2.28. The van der Waals surface area contributed by atoms with Gasteiger partial charge in [0.2, 0.25) is 0 Å². The first-order valence-electron chi connectivity index (χ1n) is 9.38. The van der Waals surface area contributed by atoms with E-state index in [0.717, 1.165) is 37.3 Å². The van der Waals surface area contributed by atoms with Gasteiger partial charge in [-0.3, -0.25) is 4.90 Å². The summed E-state index contributed by atoms with van der Waals surface area (Å²) < 4.78 is 41.0. The lowest BCUT2D eigenvalue weighted by molar-refractivity contribution is -0.141. The monoisotopic (exact) mass is 500 g/mol. The first-order valence-corrected chi connectivity index (χ1v) is 11.3. The van der Waals surface area contributed by atoms with Gasteiger partial charge in [-0.15, -0.1) is 0 Å². The number of aromatic nitrogens is 1. The van der Waals surface area contributed by atoms with E-state index >= 15 is 0 Å². The van der Waals surface area contributed by atoms with Crippen molar-refractivity contribution in [1.82, 2.24) is 14.8 Å². The molecule has 1 heterocycles. The molecule has 0 unspecified atom stereocenters. The third kappa shape index (κ3) is 6.61. The number of halogens is 6. The number of rotatable bonds is 9. The van der Waals surface area contributed by atoms with Crippen LogP contribution in [0.5, 0.6) is 0 Å². The Morgan fingerprint density at radius 2 is 1.77 bits per heavy atom. The van der Waals surface area contributed by atoms with E-state index in [0.29, 0.717) is 17.5 Å². The summed E-state index contributed by atoms with van der Waals surface area (Å²) in [4.78, 5) is 8.09. The van der Waals surface area contributed by atoms with E-state index in [-0.39, 0.29) is 32.3 Å². The summed E-state index contributed by atoms with van der Waals surface area (Å²) in [5, 5.41) is 3.67. The van der Waals surface area contributed by atoms with Gasteiger partial charge in [0.1, 0.15) is 0 Å². The number of likely N-dealkylation sites (N-methyl/N-ethyl adjacent to an activating group) is 1. The second-order valence-electron chi connectivity index (χ2n) is 7.64. The minimum atomic E-state index is -4.55. The molecule has 166 valence electrons. The van der Waals surface area contributed by atoms with Gasteiger partial charge in [0.05, 0.1) is 20.6 Å². The third-order valence-corrected chi connectivity index (χ3v) is 6.42. The van der Waals surface area contributed by atoms with E-state index in [1.807, 2.05) is 19.0 Å². The molecule has 11 heteroatoms. The van der Waals surface area contributed by atoms with Crippen LogP contribution < -0.4 is 5.32 Å². The fourth-order valence-electron chi connectivity index (χ4n) is 2.95. The van der Waals surface area contributed by atoms with E-state index in [1.54, 1.807) is 0 Å². The summed E-state index contributed by atoms with van der Waals surface area (Å²) in [6, 6.07) is 2.93. The zero-order valence-electron chi connectivity index (χ0n) is 16.5. The normalized spacial score (nSPS) is 14.7. The SMILES string of the molecule is CN(C)CCN(Cc1sc(Nc2c(Cl)cc(Cl)cc2Cl)nc1C(F)(F)F)CC1CC1. The highest BCUT2D eigenvalue weighted by Crippen LogP contribution is 2.41. The first-order chi connectivity index (χ1) is 14.0. The van der Waals surface area contributed by atoms with E-state index in [9.17, 15) is 13.2 Å². The summed E-state index contributed by atoms with van der Waals surface area (Å²) in [5.74, 6) is 0.568. The van der Waals surface area contributed by atoms with Crippen molar-refractivity contribution in [2.45, 2.75) is 25.6 Å². The maximum absolute atomic E-state index is 13.7. The highest BCUT2D eigenvalue weighted by atomic mass is 35.5. The second-order valence-corrected chi connectivity index (χ2v) is 9.97. The molecule has 0 bridgehead atoms. The summed E-state index contributed by atoms with van der Waals surface area (Å²) in [5.41, 5.74) is -0.596. The van der Waals surface area contributed by atoms with Crippen LogP contribution in [0.25, 0.3) is 0 Å². The van der Waals surface area contributed by atoms with Crippen LogP contribution in [-0.4, -0.2) is 48.5 Å². The molecule has 1 aliphatic carbocycles. The van der Waals surface area contributed by atoms with Gasteiger partial charge < -0.3 is 10.2 Å². The Morgan fingerprint density at radius 1 is 1.13 bits per heavy atom. The topological polar surface area (TPSA) is 31.4 Å². The standard InChI is InChI=1S/C19H22Cl3F3N4S/c1-28(2)5-6-29(9-11-3-4-11)10-15-17(19(23,24)25)27-18(30-15)26-16-13(21)7-12(20)8-14(16)22/h7-8,11H,3-6,9-10H2,1-2H3,(H,26,27). The predicted molar refractivity (Wildman–Crippen MR) is 118 cm³/mol. The van der Waals surface area contributed by atoms with Crippen LogP contribution in [0.2, 0.25) is 15.1 Å².